The molecule has 1 rings (SSSR count). The Bertz CT molecular complexity index is 235. The molecule has 0 saturated carbocycles. The largest absolute Gasteiger partial charge is 0.507 e. The summed E-state index contributed by atoms with van der Waals surface area (Å²) in [5.41, 5.74) is 1.25. The lowest BCUT2D eigenvalue weighted by atomic mass is 10.3. The van der Waals surface area contributed by atoms with Crippen LogP contribution in [0.25, 0.3) is 0 Å². The average Bonchev–Trinajstić information content (AvgIpc) is 1.82. The molecule has 0 saturated heterocycles. The minimum absolute atomic E-state index is 0.181. The molecule has 0 aromatic carbocycles. The average molecular weight is 140 g/mol. The van der Waals surface area contributed by atoms with E-state index in [1.54, 1.807) is 13.8 Å². The molecule has 0 unspecified atom stereocenters. The Morgan fingerprint density at radius 1 is 1.20 bits per heavy atom. The van der Waals surface area contributed by atoms with E-state index in [0.717, 1.165) is 4.73 Å². The first-order valence-corrected chi connectivity index (χ1v) is 3.03. The van der Waals surface area contributed by atoms with Crippen molar-refractivity contribution in [3.8, 4) is 5.75 Å². The first-order chi connectivity index (χ1) is 4.61. The number of hydrogen-bond donors (Lipinski definition) is 2. The normalized spacial score (nSPS) is 9.80. The molecule has 10 heavy (non-hydrogen) atoms. The fourth-order valence-electron chi connectivity index (χ4n) is 0.870. The van der Waals surface area contributed by atoms with Crippen molar-refractivity contribution in [2.75, 3.05) is 0 Å². The molecule has 0 aliphatic rings. The second-order valence-corrected chi connectivity index (χ2v) is 2.31. The fourth-order valence-corrected chi connectivity index (χ4v) is 0.870. The molecule has 0 atom stereocenters. The monoisotopic (exact) mass is 140 g/mol. The minimum atomic E-state index is 0.181. The second-order valence-electron chi connectivity index (χ2n) is 2.31. The van der Waals surface area contributed by atoms with E-state index in [4.69, 9.17) is 10.3 Å². The quantitative estimate of drug-likeness (QED) is 0.408. The topological polar surface area (TPSA) is 44.3 Å². The van der Waals surface area contributed by atoms with Gasteiger partial charge in [0, 0.05) is 18.6 Å². The minimum Gasteiger partial charge on any atom is -0.507 e. The van der Waals surface area contributed by atoms with Gasteiger partial charge >= 0.3 is 0 Å². The first-order valence-electron chi connectivity index (χ1n) is 3.03. The molecule has 3 nitrogen and oxygen atoms in total. The summed E-state index contributed by atoms with van der Waals surface area (Å²) in [6, 6.07) is 2.99. The third kappa shape index (κ3) is 1.03. The highest BCUT2D eigenvalue weighted by molar-refractivity contribution is 5.19. The van der Waals surface area contributed by atoms with E-state index in [1.807, 2.05) is 0 Å². The van der Waals surface area contributed by atoms with Gasteiger partial charge in [-0.2, -0.15) is 0 Å². The summed E-state index contributed by atoms with van der Waals surface area (Å²) in [6.45, 7) is 3.43. The van der Waals surface area contributed by atoms with Crippen LogP contribution in [0.3, 0.4) is 0 Å². The summed E-state index contributed by atoms with van der Waals surface area (Å²) in [7, 11) is 0. The molecule has 2 N–H and O–H groups in total. The molecule has 1 aromatic heterocycles. The van der Waals surface area contributed by atoms with Gasteiger partial charge in [0.05, 0.1) is 12.1 Å². The molecule has 0 fully saturated rings. The summed E-state index contributed by atoms with van der Waals surface area (Å²) >= 11 is 0. The SMILES string of the molecule is Cc1cc(O)cc(C)[n+]1O. The Morgan fingerprint density at radius 3 is 2.00 bits per heavy atom. The molecular formula is C7H10NO2+. The van der Waals surface area contributed by atoms with Crippen LogP contribution in [0.5, 0.6) is 5.75 Å². The lowest BCUT2D eigenvalue weighted by molar-refractivity contribution is -0.912. The maximum Gasteiger partial charge on any atom is 0.235 e. The maximum absolute atomic E-state index is 9.14. The smallest absolute Gasteiger partial charge is 0.235 e. The van der Waals surface area contributed by atoms with Crippen molar-refractivity contribution in [3.05, 3.63) is 23.5 Å². The number of rotatable bonds is 0. The van der Waals surface area contributed by atoms with Crippen molar-refractivity contribution in [3.63, 3.8) is 0 Å². The van der Waals surface area contributed by atoms with Crippen LogP contribution in [0.4, 0.5) is 0 Å². The van der Waals surface area contributed by atoms with Gasteiger partial charge in [-0.3, -0.25) is 5.21 Å². The number of aryl methyl sites for hydroxylation is 2. The Balaban J connectivity index is 3.31. The van der Waals surface area contributed by atoms with Crippen LogP contribution in [0, 0.1) is 13.8 Å². The van der Waals surface area contributed by atoms with Crippen LogP contribution in [0.15, 0.2) is 12.1 Å². The van der Waals surface area contributed by atoms with Gasteiger partial charge in [0.1, 0.15) is 5.75 Å². The van der Waals surface area contributed by atoms with E-state index in [1.165, 1.54) is 12.1 Å². The van der Waals surface area contributed by atoms with Gasteiger partial charge in [-0.15, -0.1) is 0 Å². The van der Waals surface area contributed by atoms with E-state index >= 15 is 0 Å². The van der Waals surface area contributed by atoms with Gasteiger partial charge in [-0.25, -0.2) is 0 Å². The van der Waals surface area contributed by atoms with E-state index in [2.05, 4.69) is 0 Å². The van der Waals surface area contributed by atoms with Gasteiger partial charge in [0.15, 0.2) is 0 Å². The van der Waals surface area contributed by atoms with Crippen molar-refractivity contribution in [2.24, 2.45) is 0 Å². The molecule has 1 heterocycles. The maximum atomic E-state index is 9.14. The van der Waals surface area contributed by atoms with Crippen LogP contribution in [0.1, 0.15) is 11.4 Å². The number of aromatic hydroxyl groups is 1. The van der Waals surface area contributed by atoms with Crippen molar-refractivity contribution in [2.45, 2.75) is 13.8 Å². The van der Waals surface area contributed by atoms with Gasteiger partial charge in [0.25, 0.3) is 0 Å². The van der Waals surface area contributed by atoms with Crippen LogP contribution in [-0.2, 0) is 0 Å². The zero-order chi connectivity index (χ0) is 7.72. The van der Waals surface area contributed by atoms with Crippen LogP contribution >= 0.6 is 0 Å². The molecule has 0 amide bonds. The zero-order valence-electron chi connectivity index (χ0n) is 6.00. The van der Waals surface area contributed by atoms with E-state index in [0.29, 0.717) is 11.4 Å². The molecule has 1 aromatic rings. The van der Waals surface area contributed by atoms with Crippen molar-refractivity contribution >= 4 is 0 Å². The zero-order valence-corrected chi connectivity index (χ0v) is 6.00. The van der Waals surface area contributed by atoms with E-state index in [-0.39, 0.29) is 5.75 Å². The summed E-state index contributed by atoms with van der Waals surface area (Å²) < 4.78 is 1.03. The van der Waals surface area contributed by atoms with Crippen molar-refractivity contribution < 1.29 is 15.0 Å². The summed E-state index contributed by atoms with van der Waals surface area (Å²) in [6.07, 6.45) is 0. The molecular weight excluding hydrogens is 130 g/mol. The Hall–Kier alpha value is -1.25. The predicted molar refractivity (Wildman–Crippen MR) is 35.0 cm³/mol. The molecule has 3 heteroatoms. The van der Waals surface area contributed by atoms with Crippen LogP contribution in [0.2, 0.25) is 0 Å². The van der Waals surface area contributed by atoms with Crippen molar-refractivity contribution in [1.29, 1.82) is 0 Å². The number of pyridine rings is 1. The predicted octanol–water partition coefficient (Wildman–Crippen LogP) is 0.534. The third-order valence-corrected chi connectivity index (χ3v) is 1.38. The molecule has 0 radical (unpaired) electrons. The lowest BCUT2D eigenvalue weighted by Crippen LogP contribution is -2.36. The standard InChI is InChI=1S/C7H9NO2/c1-5-3-7(9)4-6(2)8(5)10/h3-4,10H,1-2H3/p+1. The highest BCUT2D eigenvalue weighted by Crippen LogP contribution is 2.08. The number of nitrogens with zero attached hydrogens (tertiary/aromatic N) is 1. The molecule has 0 aliphatic heterocycles. The van der Waals surface area contributed by atoms with Gasteiger partial charge in [-0.1, -0.05) is 0 Å². The summed E-state index contributed by atoms with van der Waals surface area (Å²) in [5, 5.41) is 18.1. The Kier molecular flexibility index (Phi) is 1.49. The molecule has 54 valence electrons. The highest BCUT2D eigenvalue weighted by atomic mass is 16.5. The van der Waals surface area contributed by atoms with Crippen LogP contribution < -0.4 is 4.73 Å². The lowest BCUT2D eigenvalue weighted by Gasteiger charge is -1.93. The third-order valence-electron chi connectivity index (χ3n) is 1.38. The molecule has 0 aliphatic carbocycles. The highest BCUT2D eigenvalue weighted by Gasteiger charge is 2.09. The van der Waals surface area contributed by atoms with Gasteiger partial charge < -0.3 is 5.11 Å². The number of aromatic nitrogens is 1. The van der Waals surface area contributed by atoms with Crippen LogP contribution in [-0.4, -0.2) is 10.3 Å². The fraction of sp³-hybridized carbons (Fsp3) is 0.286. The van der Waals surface area contributed by atoms with Gasteiger partial charge in [0.2, 0.25) is 11.4 Å². The second kappa shape index (κ2) is 2.17. The number of hydrogen-bond acceptors (Lipinski definition) is 2. The Morgan fingerprint density at radius 2 is 1.60 bits per heavy atom. The first kappa shape index (κ1) is 6.86. The van der Waals surface area contributed by atoms with Gasteiger partial charge in [-0.05, 0) is 0 Å². The summed E-state index contributed by atoms with van der Waals surface area (Å²) in [5.74, 6) is 0.181. The van der Waals surface area contributed by atoms with E-state index in [9.17, 15) is 0 Å². The molecule has 0 spiro atoms. The van der Waals surface area contributed by atoms with Crippen molar-refractivity contribution in [1.82, 2.24) is 0 Å². The van der Waals surface area contributed by atoms with E-state index < -0.39 is 0 Å². The summed E-state index contributed by atoms with van der Waals surface area (Å²) in [4.78, 5) is 0. The molecule has 0 bridgehead atoms. The Labute approximate surface area is 59.1 Å².